The van der Waals surface area contributed by atoms with Crippen LogP contribution in [0, 0.1) is 5.82 Å². The number of aliphatic carboxylic acids is 1. The number of halogens is 1. The molecular formula is C14H12FN4O4S-. The minimum Gasteiger partial charge on any atom is -0.550 e. The van der Waals surface area contributed by atoms with Crippen LogP contribution >= 0.6 is 11.8 Å². The van der Waals surface area contributed by atoms with Gasteiger partial charge in [0.2, 0.25) is 5.91 Å². The third-order valence-corrected chi connectivity index (χ3v) is 3.62. The molecule has 24 heavy (non-hydrogen) atoms. The van der Waals surface area contributed by atoms with E-state index in [1.54, 1.807) is 6.07 Å². The second-order valence-corrected chi connectivity index (χ2v) is 5.59. The highest BCUT2D eigenvalue weighted by molar-refractivity contribution is 7.99. The molecule has 0 bridgehead atoms. The Morgan fingerprint density at radius 2 is 2.12 bits per heavy atom. The lowest BCUT2D eigenvalue weighted by Crippen LogP contribution is -2.25. The normalized spacial score (nSPS) is 10.4. The van der Waals surface area contributed by atoms with Crippen molar-refractivity contribution in [3.05, 3.63) is 46.1 Å². The highest BCUT2D eigenvalue weighted by Gasteiger charge is 2.09. The Morgan fingerprint density at radius 3 is 2.79 bits per heavy atom. The molecule has 126 valence electrons. The number of carboxylic acid groups (broad SMARTS) is 1. The van der Waals surface area contributed by atoms with E-state index >= 15 is 0 Å². The Balaban J connectivity index is 1.89. The van der Waals surface area contributed by atoms with Gasteiger partial charge in [0.05, 0.1) is 5.75 Å². The van der Waals surface area contributed by atoms with Gasteiger partial charge in [-0.05, 0) is 24.6 Å². The van der Waals surface area contributed by atoms with Crippen LogP contribution in [0.1, 0.15) is 12.1 Å². The van der Waals surface area contributed by atoms with E-state index in [0.29, 0.717) is 5.69 Å². The molecule has 0 saturated carbocycles. The van der Waals surface area contributed by atoms with E-state index in [4.69, 9.17) is 0 Å². The Kier molecular flexibility index (Phi) is 6.01. The molecule has 0 spiro atoms. The number of H-pyrrole nitrogens is 1. The van der Waals surface area contributed by atoms with Crippen molar-refractivity contribution in [3.63, 3.8) is 0 Å². The van der Waals surface area contributed by atoms with Gasteiger partial charge in [-0.2, -0.15) is 0 Å². The maximum absolute atomic E-state index is 13.0. The highest BCUT2D eigenvalue weighted by Crippen LogP contribution is 2.13. The molecule has 10 heteroatoms. The summed E-state index contributed by atoms with van der Waals surface area (Å²) >= 11 is 0.936. The first-order chi connectivity index (χ1) is 11.4. The van der Waals surface area contributed by atoms with E-state index < -0.39 is 23.3 Å². The number of hydrogen-bond donors (Lipinski definition) is 2. The molecule has 1 aromatic heterocycles. The first-order valence-corrected chi connectivity index (χ1v) is 7.76. The number of carbonyl (C=O) groups is 2. The van der Waals surface area contributed by atoms with Gasteiger partial charge in [-0.25, -0.2) is 4.39 Å². The number of rotatable bonds is 7. The van der Waals surface area contributed by atoms with Crippen LogP contribution in [0.25, 0.3) is 0 Å². The predicted octanol–water partition coefficient (Wildman–Crippen LogP) is -0.283. The number of benzene rings is 1. The number of hydrogen-bond acceptors (Lipinski definition) is 7. The molecule has 2 rings (SSSR count). The van der Waals surface area contributed by atoms with Gasteiger partial charge in [0.1, 0.15) is 11.5 Å². The predicted molar refractivity (Wildman–Crippen MR) is 81.7 cm³/mol. The van der Waals surface area contributed by atoms with Crippen LogP contribution in [-0.2, 0) is 16.0 Å². The minimum absolute atomic E-state index is 0.0206. The number of carbonyl (C=O) groups excluding carboxylic acids is 2. The largest absolute Gasteiger partial charge is 0.550 e. The van der Waals surface area contributed by atoms with Crippen LogP contribution in [0.3, 0.4) is 0 Å². The lowest BCUT2D eigenvalue weighted by molar-refractivity contribution is -0.305. The molecule has 0 aliphatic heterocycles. The van der Waals surface area contributed by atoms with Gasteiger partial charge in [-0.15, -0.1) is 10.2 Å². The molecular weight excluding hydrogens is 339 g/mol. The molecule has 0 aliphatic rings. The molecule has 2 N–H and O–H groups in total. The number of nitrogens with zero attached hydrogens (tertiary/aromatic N) is 2. The Bertz CT molecular complexity index is 811. The summed E-state index contributed by atoms with van der Waals surface area (Å²) in [5.74, 6) is -2.24. The fourth-order valence-corrected chi connectivity index (χ4v) is 2.30. The van der Waals surface area contributed by atoms with Crippen LogP contribution in [0.4, 0.5) is 10.1 Å². The number of thioether (sulfide) groups is 1. The van der Waals surface area contributed by atoms with Gasteiger partial charge >= 0.3 is 0 Å². The van der Waals surface area contributed by atoms with E-state index in [2.05, 4.69) is 20.5 Å². The van der Waals surface area contributed by atoms with Gasteiger partial charge in [0, 0.05) is 18.1 Å². The van der Waals surface area contributed by atoms with E-state index in [-0.39, 0.29) is 29.4 Å². The van der Waals surface area contributed by atoms with Crippen LogP contribution in [0.15, 0.2) is 34.2 Å². The van der Waals surface area contributed by atoms with Crippen LogP contribution in [0.2, 0.25) is 0 Å². The molecule has 1 amide bonds. The van der Waals surface area contributed by atoms with Crippen molar-refractivity contribution >= 4 is 29.3 Å². The van der Waals surface area contributed by atoms with E-state index in [1.807, 2.05) is 0 Å². The quantitative estimate of drug-likeness (QED) is 0.656. The van der Waals surface area contributed by atoms with Gasteiger partial charge in [0.25, 0.3) is 5.56 Å². The number of anilines is 1. The number of aromatic amines is 1. The zero-order valence-electron chi connectivity index (χ0n) is 12.2. The second kappa shape index (κ2) is 8.20. The van der Waals surface area contributed by atoms with Crippen molar-refractivity contribution in [3.8, 4) is 0 Å². The lowest BCUT2D eigenvalue weighted by atomic mass is 10.2. The van der Waals surface area contributed by atoms with Crippen LogP contribution < -0.4 is 16.0 Å². The maximum atomic E-state index is 13.0. The second-order valence-electron chi connectivity index (χ2n) is 4.63. The van der Waals surface area contributed by atoms with Crippen molar-refractivity contribution in [2.75, 3.05) is 11.1 Å². The first kappa shape index (κ1) is 17.6. The Morgan fingerprint density at radius 1 is 1.33 bits per heavy atom. The lowest BCUT2D eigenvalue weighted by Gasteiger charge is -2.05. The summed E-state index contributed by atoms with van der Waals surface area (Å²) in [6.45, 7) is 0. The Labute approximate surface area is 139 Å². The molecule has 1 heterocycles. The fourth-order valence-electron chi connectivity index (χ4n) is 1.69. The molecule has 8 nitrogen and oxygen atoms in total. The highest BCUT2D eigenvalue weighted by atomic mass is 32.2. The summed E-state index contributed by atoms with van der Waals surface area (Å²) in [5.41, 5.74) is -0.273. The van der Waals surface area contributed by atoms with Crippen molar-refractivity contribution in [1.29, 1.82) is 0 Å². The van der Waals surface area contributed by atoms with Gasteiger partial charge in [-0.1, -0.05) is 17.8 Å². The van der Waals surface area contributed by atoms with Gasteiger partial charge < -0.3 is 15.2 Å². The monoisotopic (exact) mass is 351 g/mol. The molecule has 0 unspecified atom stereocenters. The zero-order valence-corrected chi connectivity index (χ0v) is 13.1. The summed E-state index contributed by atoms with van der Waals surface area (Å²) in [6, 6.07) is 5.44. The number of aryl methyl sites for hydroxylation is 1. The van der Waals surface area contributed by atoms with Crippen molar-refractivity contribution in [2.24, 2.45) is 0 Å². The molecule has 0 fully saturated rings. The summed E-state index contributed by atoms with van der Waals surface area (Å²) in [7, 11) is 0. The first-order valence-electron chi connectivity index (χ1n) is 6.78. The van der Waals surface area contributed by atoms with Gasteiger partial charge in [0.15, 0.2) is 5.16 Å². The Hall–Kier alpha value is -2.75. The third-order valence-electron chi connectivity index (χ3n) is 2.76. The molecule has 0 atom stereocenters. The molecule has 2 aromatic rings. The smallest absolute Gasteiger partial charge is 0.273 e. The molecule has 1 aromatic carbocycles. The van der Waals surface area contributed by atoms with E-state index in [1.165, 1.54) is 18.2 Å². The summed E-state index contributed by atoms with van der Waals surface area (Å²) < 4.78 is 13.0. The number of nitrogens with one attached hydrogen (secondary N) is 2. The van der Waals surface area contributed by atoms with Crippen molar-refractivity contribution < 1.29 is 19.1 Å². The van der Waals surface area contributed by atoms with E-state index in [0.717, 1.165) is 11.8 Å². The summed E-state index contributed by atoms with van der Waals surface area (Å²) in [4.78, 5) is 36.2. The molecule has 0 aliphatic carbocycles. The SMILES string of the molecule is O=C([O-])CCc1nnc(SCC(=O)Nc2cccc(F)c2)[nH]c1=O. The van der Waals surface area contributed by atoms with Gasteiger partial charge in [-0.3, -0.25) is 14.6 Å². The van der Waals surface area contributed by atoms with Crippen LogP contribution in [0.5, 0.6) is 0 Å². The maximum Gasteiger partial charge on any atom is 0.273 e. The summed E-state index contributed by atoms with van der Waals surface area (Å²) in [6.07, 6.45) is -0.421. The fraction of sp³-hybridized carbons (Fsp3) is 0.214. The number of aromatic nitrogens is 3. The average molecular weight is 351 g/mol. The van der Waals surface area contributed by atoms with E-state index in [9.17, 15) is 23.9 Å². The van der Waals surface area contributed by atoms with Crippen molar-refractivity contribution in [1.82, 2.24) is 15.2 Å². The molecule has 0 saturated heterocycles. The molecule has 0 radical (unpaired) electrons. The zero-order chi connectivity index (χ0) is 17.5. The summed E-state index contributed by atoms with van der Waals surface area (Å²) in [5, 5.41) is 20.3. The standard InChI is InChI=1S/C14H13FN4O4S/c15-8-2-1-3-9(6-8)16-11(20)7-24-14-17-13(23)10(18-19-14)4-5-12(21)22/h1-3,6H,4-5,7H2,(H,16,20)(H,21,22)(H,17,19,23)/p-1. The van der Waals surface area contributed by atoms with Crippen LogP contribution in [-0.4, -0.2) is 32.8 Å². The number of amides is 1. The minimum atomic E-state index is -1.29. The van der Waals surface area contributed by atoms with Crippen molar-refractivity contribution in [2.45, 2.75) is 18.0 Å². The third kappa shape index (κ3) is 5.47. The number of carboxylic acids is 1. The topological polar surface area (TPSA) is 128 Å². The average Bonchev–Trinajstić information content (AvgIpc) is 2.52.